The average Bonchev–Trinajstić information content (AvgIpc) is 2.66. The molecular weight excluding hydrogens is 339 g/mol. The Kier molecular flexibility index (Phi) is 4.81. The van der Waals surface area contributed by atoms with Crippen molar-refractivity contribution < 1.29 is 27.7 Å². The number of rotatable bonds is 4. The van der Waals surface area contributed by atoms with Crippen molar-refractivity contribution in [2.75, 3.05) is 0 Å². The molecule has 1 aromatic carbocycles. The van der Waals surface area contributed by atoms with E-state index < -0.39 is 31.6 Å². The summed E-state index contributed by atoms with van der Waals surface area (Å²) in [5, 5.41) is 0.268. The van der Waals surface area contributed by atoms with Crippen LogP contribution in [0.15, 0.2) is 30.0 Å². The molecular formula is C17H26OSiZr. The van der Waals surface area contributed by atoms with E-state index in [0.29, 0.717) is 3.63 Å². The molecule has 1 nitrogen and oxygen atoms in total. The second-order valence-corrected chi connectivity index (χ2v) is 15.9. The molecule has 1 atom stereocenters. The van der Waals surface area contributed by atoms with E-state index in [9.17, 15) is 0 Å². The zero-order chi connectivity index (χ0) is 15.0. The van der Waals surface area contributed by atoms with Gasteiger partial charge < -0.3 is 0 Å². The summed E-state index contributed by atoms with van der Waals surface area (Å²) >= 11 is -0.437. The zero-order valence-corrected chi connectivity index (χ0v) is 17.0. The number of hydrogen-bond donors (Lipinski definition) is 0. The van der Waals surface area contributed by atoms with Crippen molar-refractivity contribution in [2.45, 2.75) is 53.6 Å². The van der Waals surface area contributed by atoms with Gasteiger partial charge in [0.05, 0.1) is 0 Å². The first-order valence-corrected chi connectivity index (χ1v) is 13.6. The van der Waals surface area contributed by atoms with Gasteiger partial charge in [-0.1, -0.05) is 0 Å². The monoisotopic (exact) mass is 364 g/mol. The molecule has 108 valence electrons. The summed E-state index contributed by atoms with van der Waals surface area (Å²) in [4.78, 5) is 0. The maximum atomic E-state index is 6.65. The second kappa shape index (κ2) is 5.93. The molecule has 0 fully saturated rings. The van der Waals surface area contributed by atoms with Crippen LogP contribution >= 0.6 is 0 Å². The molecule has 1 unspecified atom stereocenters. The molecule has 0 radical (unpaired) electrons. The van der Waals surface area contributed by atoms with Crippen molar-refractivity contribution in [1.82, 2.24) is 0 Å². The molecule has 1 aliphatic carbocycles. The Morgan fingerprint density at radius 1 is 1.20 bits per heavy atom. The SMILES string of the molecule is C[CH2][Zr][CH]1C(O[Si](C)(C)C(C)(C)C)=Cc2ccccc21. The van der Waals surface area contributed by atoms with Crippen molar-refractivity contribution >= 4 is 14.4 Å². The predicted octanol–water partition coefficient (Wildman–Crippen LogP) is 5.62. The molecule has 3 heteroatoms. The van der Waals surface area contributed by atoms with Gasteiger partial charge in [0.25, 0.3) is 0 Å². The molecule has 0 saturated carbocycles. The van der Waals surface area contributed by atoms with Crippen LogP contribution in [-0.4, -0.2) is 8.32 Å². The van der Waals surface area contributed by atoms with Gasteiger partial charge in [-0.25, -0.2) is 0 Å². The standard InChI is InChI=1S/C15H21OSi.C2H5.Zr/c1-15(2,3)17(4,5)16-14-10-12-8-6-7-9-13(12)11-14;1-2;/h6-11H,1-5H3;1H2,2H3;. The van der Waals surface area contributed by atoms with E-state index in [4.69, 9.17) is 4.43 Å². The van der Waals surface area contributed by atoms with Crippen LogP contribution in [0, 0.1) is 0 Å². The predicted molar refractivity (Wildman–Crippen MR) is 85.9 cm³/mol. The third kappa shape index (κ3) is 3.20. The first-order valence-electron chi connectivity index (χ1n) is 7.49. The van der Waals surface area contributed by atoms with Gasteiger partial charge in [0.2, 0.25) is 0 Å². The Morgan fingerprint density at radius 2 is 1.85 bits per heavy atom. The van der Waals surface area contributed by atoms with Crippen LogP contribution in [0.5, 0.6) is 0 Å². The van der Waals surface area contributed by atoms with Crippen LogP contribution in [-0.2, 0) is 27.7 Å². The van der Waals surface area contributed by atoms with Gasteiger partial charge in [0.1, 0.15) is 0 Å². The van der Waals surface area contributed by atoms with Crippen LogP contribution in [0.4, 0.5) is 0 Å². The fraction of sp³-hybridized carbons (Fsp3) is 0.529. The molecule has 0 saturated heterocycles. The van der Waals surface area contributed by atoms with Gasteiger partial charge >= 0.3 is 137 Å². The fourth-order valence-corrected chi connectivity index (χ4v) is 6.64. The van der Waals surface area contributed by atoms with E-state index in [1.807, 2.05) is 0 Å². The molecule has 0 heterocycles. The van der Waals surface area contributed by atoms with Gasteiger partial charge in [-0.15, -0.1) is 0 Å². The average molecular weight is 366 g/mol. The summed E-state index contributed by atoms with van der Waals surface area (Å²) in [5.41, 5.74) is 2.91. The van der Waals surface area contributed by atoms with Crippen LogP contribution in [0.1, 0.15) is 42.4 Å². The van der Waals surface area contributed by atoms with Crippen molar-refractivity contribution in [1.29, 1.82) is 0 Å². The normalized spacial score (nSPS) is 18.5. The van der Waals surface area contributed by atoms with E-state index in [1.54, 1.807) is 0 Å². The zero-order valence-electron chi connectivity index (χ0n) is 13.6. The van der Waals surface area contributed by atoms with Crippen molar-refractivity contribution in [3.8, 4) is 0 Å². The fourth-order valence-electron chi connectivity index (χ4n) is 2.25. The molecule has 0 spiro atoms. The van der Waals surface area contributed by atoms with Crippen LogP contribution in [0.2, 0.25) is 22.3 Å². The van der Waals surface area contributed by atoms with Crippen molar-refractivity contribution in [3.05, 3.63) is 41.2 Å². The summed E-state index contributed by atoms with van der Waals surface area (Å²) < 4.78 is 8.65. The second-order valence-electron chi connectivity index (χ2n) is 7.03. The molecule has 20 heavy (non-hydrogen) atoms. The van der Waals surface area contributed by atoms with E-state index in [1.165, 1.54) is 21.0 Å². The molecule has 0 amide bonds. The van der Waals surface area contributed by atoms with Crippen molar-refractivity contribution in [3.63, 3.8) is 0 Å². The Balaban J connectivity index is 2.29. The first-order chi connectivity index (χ1) is 9.26. The number of allylic oxidation sites excluding steroid dienone is 1. The molecule has 0 bridgehead atoms. The quantitative estimate of drug-likeness (QED) is 0.629. The van der Waals surface area contributed by atoms with Gasteiger partial charge in [-0.3, -0.25) is 0 Å². The Labute approximate surface area is 136 Å². The maximum absolute atomic E-state index is 6.65. The Morgan fingerprint density at radius 3 is 2.45 bits per heavy atom. The van der Waals surface area contributed by atoms with Gasteiger partial charge in [0, 0.05) is 0 Å². The summed E-state index contributed by atoms with van der Waals surface area (Å²) in [6, 6.07) is 8.84. The third-order valence-corrected chi connectivity index (χ3v) is 12.3. The Hall–Kier alpha value is -0.140. The van der Waals surface area contributed by atoms with E-state index in [0.717, 1.165) is 0 Å². The molecule has 0 aromatic heterocycles. The molecule has 0 N–H and O–H groups in total. The molecule has 2 rings (SSSR count). The number of hydrogen-bond acceptors (Lipinski definition) is 1. The summed E-state index contributed by atoms with van der Waals surface area (Å²) in [6.45, 7) is 14.0. The van der Waals surface area contributed by atoms with Crippen LogP contribution in [0.3, 0.4) is 0 Å². The minimum atomic E-state index is -1.72. The minimum absolute atomic E-state index is 0.268. The van der Waals surface area contributed by atoms with Gasteiger partial charge in [-0.2, -0.15) is 0 Å². The van der Waals surface area contributed by atoms with E-state index in [2.05, 4.69) is 71.1 Å². The number of fused-ring (bicyclic) bond motifs is 1. The van der Waals surface area contributed by atoms with Gasteiger partial charge in [0.15, 0.2) is 0 Å². The van der Waals surface area contributed by atoms with Crippen molar-refractivity contribution in [2.24, 2.45) is 0 Å². The van der Waals surface area contributed by atoms with E-state index in [-0.39, 0.29) is 5.04 Å². The Bertz CT molecular complexity index is 514. The molecule has 0 aliphatic heterocycles. The number of benzene rings is 1. The summed E-state index contributed by atoms with van der Waals surface area (Å²) in [7, 11) is -1.72. The molecule has 1 aliphatic rings. The third-order valence-electron chi connectivity index (χ3n) is 4.48. The topological polar surface area (TPSA) is 9.23 Å². The van der Waals surface area contributed by atoms with Crippen LogP contribution < -0.4 is 0 Å². The van der Waals surface area contributed by atoms with Gasteiger partial charge in [-0.05, 0) is 0 Å². The summed E-state index contributed by atoms with van der Waals surface area (Å²) in [6.07, 6.45) is 2.32. The first kappa shape index (κ1) is 16.2. The summed E-state index contributed by atoms with van der Waals surface area (Å²) in [5.74, 6) is 1.28. The van der Waals surface area contributed by atoms with E-state index >= 15 is 0 Å². The molecule has 1 aromatic rings. The van der Waals surface area contributed by atoms with Crippen LogP contribution in [0.25, 0.3) is 6.08 Å².